The van der Waals surface area contributed by atoms with Gasteiger partial charge in [0.15, 0.2) is 0 Å². The largest absolute Gasteiger partial charge is 0.472 e. The van der Waals surface area contributed by atoms with Crippen LogP contribution in [0.25, 0.3) is 0 Å². The molecule has 0 spiro atoms. The molecular formula is C70H130N2O7P+. The van der Waals surface area contributed by atoms with Crippen LogP contribution in [0.5, 0.6) is 0 Å². The summed E-state index contributed by atoms with van der Waals surface area (Å²) in [7, 11) is 1.49. The number of phosphoric ester groups is 1. The van der Waals surface area contributed by atoms with Crippen LogP contribution in [-0.4, -0.2) is 74.3 Å². The van der Waals surface area contributed by atoms with Crippen LogP contribution in [0, 0.1) is 0 Å². The van der Waals surface area contributed by atoms with E-state index in [4.69, 9.17) is 13.8 Å². The minimum atomic E-state index is -4.46. The molecule has 0 aliphatic heterocycles. The van der Waals surface area contributed by atoms with Crippen molar-refractivity contribution >= 4 is 19.7 Å². The third kappa shape index (κ3) is 60.1. The second-order valence-corrected chi connectivity index (χ2v) is 25.4. The van der Waals surface area contributed by atoms with Gasteiger partial charge in [0.05, 0.1) is 33.8 Å². The first-order chi connectivity index (χ1) is 38.9. The lowest BCUT2D eigenvalue weighted by molar-refractivity contribution is -0.870. The molecule has 0 radical (unpaired) electrons. The minimum Gasteiger partial charge on any atom is -0.456 e. The maximum Gasteiger partial charge on any atom is 0.472 e. The molecule has 80 heavy (non-hydrogen) atoms. The molecule has 0 aromatic carbocycles. The summed E-state index contributed by atoms with van der Waals surface area (Å²) < 4.78 is 30.8. The third-order valence-corrected chi connectivity index (χ3v) is 15.9. The number of amides is 1. The number of carbonyl (C=O) groups is 2. The zero-order valence-corrected chi connectivity index (χ0v) is 54.2. The highest BCUT2D eigenvalue weighted by Crippen LogP contribution is 2.43. The molecule has 0 heterocycles. The molecule has 3 unspecified atom stereocenters. The van der Waals surface area contributed by atoms with Crippen LogP contribution in [0.3, 0.4) is 0 Å². The number of phosphoric acid groups is 1. The molecule has 0 aliphatic rings. The molecule has 0 saturated carbocycles. The van der Waals surface area contributed by atoms with Crippen LogP contribution in [-0.2, 0) is 27.9 Å². The molecule has 0 aromatic rings. The lowest BCUT2D eigenvalue weighted by Crippen LogP contribution is -2.47. The first-order valence-electron chi connectivity index (χ1n) is 33.8. The predicted octanol–water partition coefficient (Wildman–Crippen LogP) is 21.2. The van der Waals surface area contributed by atoms with E-state index in [0.717, 1.165) is 96.3 Å². The van der Waals surface area contributed by atoms with Gasteiger partial charge in [-0.2, -0.15) is 0 Å². The zero-order chi connectivity index (χ0) is 58.6. The summed E-state index contributed by atoms with van der Waals surface area (Å²) in [6.07, 6.45) is 77.6. The standard InChI is InChI=1S/C70H129N2O7P/c1-7-10-13-16-19-22-25-28-30-32-34-36-38-40-42-44-47-50-53-56-59-62-69(73)71-67(66-78-80(75,76)77-65-64-72(4,5)6)68(61-58-55-52-49-46-27-24-21-18-15-12-9-3)79-70(74)63-60-57-54-51-48-45-43-41-39-37-35-33-31-29-26-23-20-17-14-11-8-2/h20,23,28-31,35,37,41,43,58,61,67-68H,7-19,21-22,24-27,32-34,36,38-40,42,44-57,59-60,62-66H2,1-6H3,(H-,71,73,75,76)/p+1/b23-20-,30-28+,31-29-,37-35-,43-41-,61-58+. The van der Waals surface area contributed by atoms with E-state index < -0.39 is 20.0 Å². The van der Waals surface area contributed by atoms with Gasteiger partial charge in [-0.05, 0) is 102 Å². The summed E-state index contributed by atoms with van der Waals surface area (Å²) in [5.41, 5.74) is 0. The second kappa shape index (κ2) is 59.6. The van der Waals surface area contributed by atoms with Crippen molar-refractivity contribution in [1.82, 2.24) is 5.32 Å². The van der Waals surface area contributed by atoms with E-state index >= 15 is 0 Å². The number of hydrogen-bond acceptors (Lipinski definition) is 6. The van der Waals surface area contributed by atoms with Crippen molar-refractivity contribution < 1.29 is 37.3 Å². The molecule has 9 nitrogen and oxygen atoms in total. The van der Waals surface area contributed by atoms with Crippen molar-refractivity contribution in [3.8, 4) is 0 Å². The van der Waals surface area contributed by atoms with E-state index in [9.17, 15) is 19.0 Å². The maximum atomic E-state index is 13.6. The van der Waals surface area contributed by atoms with Crippen LogP contribution in [0.15, 0.2) is 72.9 Å². The quantitative estimate of drug-likeness (QED) is 0.0205. The molecule has 0 rings (SSSR count). The molecule has 0 fully saturated rings. The molecule has 466 valence electrons. The lowest BCUT2D eigenvalue weighted by Gasteiger charge is -2.27. The molecule has 0 bridgehead atoms. The fraction of sp³-hybridized carbons (Fsp3) is 0.800. The number of quaternary nitrogens is 1. The van der Waals surface area contributed by atoms with E-state index in [1.807, 2.05) is 33.3 Å². The molecule has 0 aliphatic carbocycles. The zero-order valence-electron chi connectivity index (χ0n) is 53.3. The fourth-order valence-corrected chi connectivity index (χ4v) is 10.4. The number of allylic oxidation sites excluding steroid dienone is 11. The molecule has 3 atom stereocenters. The molecular weight excluding hydrogens is 1010 g/mol. The Balaban J connectivity index is 5.19. The number of likely N-dealkylation sites (N-methyl/N-ethyl adjacent to an activating group) is 1. The number of esters is 1. The Labute approximate surface area is 495 Å². The first-order valence-corrected chi connectivity index (χ1v) is 35.3. The SMILES string of the molecule is CCCCC/C=C\C/C=C\C/C=C\C/C=C\CCCCCCCC(=O)OC(/C=C/CCCCCCCCCCCC)C(COP(=O)(O)OCC[N+](C)(C)C)NC(=O)CCCCCCCCCCCCC/C=C/CCCCCCCC. The number of carbonyl (C=O) groups excluding carboxylic acids is 2. The Morgan fingerprint density at radius 1 is 0.438 bits per heavy atom. The summed E-state index contributed by atoms with van der Waals surface area (Å²) in [4.78, 5) is 37.8. The fourth-order valence-electron chi connectivity index (χ4n) is 9.63. The van der Waals surface area contributed by atoms with Crippen LogP contribution < -0.4 is 5.32 Å². The summed E-state index contributed by atoms with van der Waals surface area (Å²) in [5, 5.41) is 3.06. The van der Waals surface area contributed by atoms with Crippen LogP contribution in [0.4, 0.5) is 0 Å². The van der Waals surface area contributed by atoms with Gasteiger partial charge in [-0.1, -0.05) is 267 Å². The van der Waals surface area contributed by atoms with Gasteiger partial charge >= 0.3 is 13.8 Å². The van der Waals surface area contributed by atoms with Gasteiger partial charge in [0.2, 0.25) is 5.91 Å². The van der Waals surface area contributed by atoms with E-state index in [0.29, 0.717) is 17.4 Å². The van der Waals surface area contributed by atoms with Crippen molar-refractivity contribution in [2.45, 2.75) is 322 Å². The summed E-state index contributed by atoms with van der Waals surface area (Å²) in [6, 6.07) is -0.859. The average Bonchev–Trinajstić information content (AvgIpc) is 3.42. The first kappa shape index (κ1) is 77.5. The highest BCUT2D eigenvalue weighted by atomic mass is 31.2. The van der Waals surface area contributed by atoms with E-state index in [1.165, 1.54) is 180 Å². The number of ether oxygens (including phenoxy) is 1. The smallest absolute Gasteiger partial charge is 0.456 e. The number of rotatable bonds is 61. The molecule has 0 aromatic heterocycles. The average molecular weight is 1140 g/mol. The molecule has 1 amide bonds. The van der Waals surface area contributed by atoms with Crippen molar-refractivity contribution in [3.05, 3.63) is 72.9 Å². The number of hydrogen-bond donors (Lipinski definition) is 2. The van der Waals surface area contributed by atoms with Gasteiger partial charge in [0.25, 0.3) is 0 Å². The predicted molar refractivity (Wildman–Crippen MR) is 346 cm³/mol. The normalized spacial score (nSPS) is 14.0. The van der Waals surface area contributed by atoms with Crippen LogP contribution in [0.1, 0.15) is 310 Å². The van der Waals surface area contributed by atoms with Crippen LogP contribution >= 0.6 is 7.82 Å². The maximum absolute atomic E-state index is 13.6. The number of nitrogens with one attached hydrogen (secondary N) is 1. The minimum absolute atomic E-state index is 0.0352. The van der Waals surface area contributed by atoms with Gasteiger partial charge < -0.3 is 19.4 Å². The number of unbranched alkanes of at least 4 members (excludes halogenated alkanes) is 35. The third-order valence-electron chi connectivity index (χ3n) is 14.9. The molecule has 2 N–H and O–H groups in total. The van der Waals surface area contributed by atoms with E-state index in [2.05, 4.69) is 86.8 Å². The van der Waals surface area contributed by atoms with Crippen molar-refractivity contribution in [2.75, 3.05) is 40.9 Å². The van der Waals surface area contributed by atoms with Gasteiger partial charge in [0, 0.05) is 12.8 Å². The second-order valence-electron chi connectivity index (χ2n) is 24.0. The Morgan fingerprint density at radius 2 is 0.762 bits per heavy atom. The topological polar surface area (TPSA) is 111 Å². The van der Waals surface area contributed by atoms with Gasteiger partial charge in [-0.15, -0.1) is 0 Å². The Hall–Kier alpha value is -2.55. The highest BCUT2D eigenvalue weighted by Gasteiger charge is 2.30. The summed E-state index contributed by atoms with van der Waals surface area (Å²) >= 11 is 0. The van der Waals surface area contributed by atoms with Crippen molar-refractivity contribution in [2.24, 2.45) is 0 Å². The molecule has 10 heteroatoms. The van der Waals surface area contributed by atoms with Gasteiger partial charge in [-0.25, -0.2) is 4.57 Å². The van der Waals surface area contributed by atoms with Crippen LogP contribution in [0.2, 0.25) is 0 Å². The lowest BCUT2D eigenvalue weighted by atomic mass is 10.0. The van der Waals surface area contributed by atoms with Crippen molar-refractivity contribution in [3.63, 3.8) is 0 Å². The Kier molecular flexibility index (Phi) is 57.7. The van der Waals surface area contributed by atoms with E-state index in [-0.39, 0.29) is 31.5 Å². The van der Waals surface area contributed by atoms with Gasteiger partial charge in [0.1, 0.15) is 19.3 Å². The monoisotopic (exact) mass is 1140 g/mol. The Morgan fingerprint density at radius 3 is 1.18 bits per heavy atom. The summed E-state index contributed by atoms with van der Waals surface area (Å²) in [5.74, 6) is -0.520. The molecule has 0 saturated heterocycles. The highest BCUT2D eigenvalue weighted by molar-refractivity contribution is 7.47. The number of nitrogens with zero attached hydrogens (tertiary/aromatic N) is 1. The summed E-state index contributed by atoms with van der Waals surface area (Å²) in [6.45, 7) is 6.99. The Bertz CT molecular complexity index is 1600. The van der Waals surface area contributed by atoms with E-state index in [1.54, 1.807) is 0 Å². The van der Waals surface area contributed by atoms with Crippen molar-refractivity contribution in [1.29, 1.82) is 0 Å². The van der Waals surface area contributed by atoms with Gasteiger partial charge in [-0.3, -0.25) is 18.6 Å².